The molecule has 2 atom stereocenters. The van der Waals surface area contributed by atoms with Gasteiger partial charge in [0.05, 0.1) is 12.7 Å². The monoisotopic (exact) mass is 412 g/mol. The first-order chi connectivity index (χ1) is 11.1. The number of rotatable bonds is 4. The van der Waals surface area contributed by atoms with E-state index in [1.807, 2.05) is 35.0 Å². The number of carbonyl (C=O) groups excluding carboxylic acids is 1. The zero-order valence-corrected chi connectivity index (χ0v) is 15.7. The second kappa shape index (κ2) is 8.65. The smallest absolute Gasteiger partial charge is 0.228 e. The van der Waals surface area contributed by atoms with Gasteiger partial charge >= 0.3 is 0 Å². The molecule has 1 aromatic heterocycles. The highest BCUT2D eigenvalue weighted by Crippen LogP contribution is 2.24. The highest BCUT2D eigenvalue weighted by Gasteiger charge is 2.25. The van der Waals surface area contributed by atoms with Crippen LogP contribution in [0.1, 0.15) is 31.2 Å². The topological polar surface area (TPSA) is 72.9 Å². The van der Waals surface area contributed by atoms with Crippen molar-refractivity contribution in [3.8, 4) is 0 Å². The SMILES string of the molecule is Cl.NC1CCCC(C(=O)Nc2ccnn2Cc2ccc(Br)cc2)C1. The molecule has 130 valence electrons. The molecule has 24 heavy (non-hydrogen) atoms. The Kier molecular flexibility index (Phi) is 6.83. The number of amides is 1. The van der Waals surface area contributed by atoms with E-state index in [-0.39, 0.29) is 30.3 Å². The largest absolute Gasteiger partial charge is 0.328 e. The van der Waals surface area contributed by atoms with E-state index in [0.717, 1.165) is 41.5 Å². The van der Waals surface area contributed by atoms with Crippen LogP contribution in [-0.2, 0) is 11.3 Å². The number of nitrogens with one attached hydrogen (secondary N) is 1. The van der Waals surface area contributed by atoms with Gasteiger partial charge in [0.15, 0.2) is 0 Å². The highest BCUT2D eigenvalue weighted by molar-refractivity contribution is 9.10. The first-order valence-corrected chi connectivity index (χ1v) is 8.74. The number of halogens is 2. The van der Waals surface area contributed by atoms with Gasteiger partial charge in [-0.25, -0.2) is 4.68 Å². The van der Waals surface area contributed by atoms with Crippen molar-refractivity contribution in [2.45, 2.75) is 38.3 Å². The van der Waals surface area contributed by atoms with Crippen LogP contribution in [0.3, 0.4) is 0 Å². The number of benzene rings is 1. The first-order valence-electron chi connectivity index (χ1n) is 7.94. The molecule has 3 N–H and O–H groups in total. The van der Waals surface area contributed by atoms with Crippen molar-refractivity contribution in [2.75, 3.05) is 5.32 Å². The lowest BCUT2D eigenvalue weighted by atomic mass is 9.85. The van der Waals surface area contributed by atoms with Crippen molar-refractivity contribution in [2.24, 2.45) is 11.7 Å². The van der Waals surface area contributed by atoms with Gasteiger partial charge in [-0.3, -0.25) is 4.79 Å². The fourth-order valence-electron chi connectivity index (χ4n) is 3.02. The lowest BCUT2D eigenvalue weighted by Crippen LogP contribution is -2.34. The van der Waals surface area contributed by atoms with Crippen LogP contribution in [0.2, 0.25) is 0 Å². The summed E-state index contributed by atoms with van der Waals surface area (Å²) in [6, 6.07) is 10.1. The fourth-order valence-corrected chi connectivity index (χ4v) is 3.29. The summed E-state index contributed by atoms with van der Waals surface area (Å²) in [4.78, 5) is 12.4. The van der Waals surface area contributed by atoms with Crippen LogP contribution in [0.25, 0.3) is 0 Å². The summed E-state index contributed by atoms with van der Waals surface area (Å²) in [5, 5.41) is 7.32. The second-order valence-electron chi connectivity index (χ2n) is 6.11. The van der Waals surface area contributed by atoms with Gasteiger partial charge in [-0.05, 0) is 37.0 Å². The molecule has 1 saturated carbocycles. The summed E-state index contributed by atoms with van der Waals surface area (Å²) >= 11 is 3.43. The van der Waals surface area contributed by atoms with Gasteiger partial charge in [0, 0.05) is 22.5 Å². The van der Waals surface area contributed by atoms with E-state index in [9.17, 15) is 4.79 Å². The van der Waals surface area contributed by atoms with Crippen LogP contribution in [0.15, 0.2) is 41.0 Å². The van der Waals surface area contributed by atoms with Crippen LogP contribution in [0.5, 0.6) is 0 Å². The normalized spacial score (nSPS) is 20.2. The number of carbonyl (C=O) groups is 1. The van der Waals surface area contributed by atoms with E-state index in [0.29, 0.717) is 6.54 Å². The average molecular weight is 414 g/mol. The van der Waals surface area contributed by atoms with Gasteiger partial charge in [-0.1, -0.05) is 34.5 Å². The molecule has 0 radical (unpaired) electrons. The number of nitrogens with zero attached hydrogens (tertiary/aromatic N) is 2. The van der Waals surface area contributed by atoms with Crippen LogP contribution in [0, 0.1) is 5.92 Å². The van der Waals surface area contributed by atoms with Crippen molar-refractivity contribution in [1.29, 1.82) is 0 Å². The summed E-state index contributed by atoms with van der Waals surface area (Å²) in [5.41, 5.74) is 7.11. The molecule has 1 aliphatic rings. The Morgan fingerprint density at radius 2 is 2.04 bits per heavy atom. The maximum Gasteiger partial charge on any atom is 0.228 e. The molecule has 3 rings (SSSR count). The standard InChI is InChI=1S/C17H21BrN4O.ClH/c18-14-6-4-12(5-7-14)11-22-16(8-9-20-22)21-17(23)13-2-1-3-15(19)10-13;/h4-9,13,15H,1-3,10-11,19H2,(H,21,23);1H. The lowest BCUT2D eigenvalue weighted by molar-refractivity contribution is -0.120. The highest BCUT2D eigenvalue weighted by atomic mass is 79.9. The molecule has 1 amide bonds. The molecule has 7 heteroatoms. The summed E-state index contributed by atoms with van der Waals surface area (Å²) in [6.07, 6.45) is 5.44. The third kappa shape index (κ3) is 4.82. The van der Waals surface area contributed by atoms with Crippen molar-refractivity contribution in [3.05, 3.63) is 46.6 Å². The Morgan fingerprint density at radius 1 is 1.29 bits per heavy atom. The van der Waals surface area contributed by atoms with Crippen LogP contribution in [-0.4, -0.2) is 21.7 Å². The van der Waals surface area contributed by atoms with Crippen LogP contribution < -0.4 is 11.1 Å². The van der Waals surface area contributed by atoms with Crippen molar-refractivity contribution >= 4 is 40.1 Å². The summed E-state index contributed by atoms with van der Waals surface area (Å²) in [6.45, 7) is 0.625. The number of nitrogens with two attached hydrogens (primary N) is 1. The third-order valence-electron chi connectivity index (χ3n) is 4.30. The summed E-state index contributed by atoms with van der Waals surface area (Å²) in [5.74, 6) is 0.796. The van der Waals surface area contributed by atoms with E-state index >= 15 is 0 Å². The van der Waals surface area contributed by atoms with Crippen molar-refractivity contribution < 1.29 is 4.79 Å². The molecule has 2 unspecified atom stereocenters. The molecule has 2 aromatic rings. The molecule has 0 aliphatic heterocycles. The van der Waals surface area contributed by atoms with Gasteiger partial charge < -0.3 is 11.1 Å². The molecule has 0 saturated heterocycles. The zero-order chi connectivity index (χ0) is 16.2. The van der Waals surface area contributed by atoms with E-state index in [1.165, 1.54) is 0 Å². The second-order valence-corrected chi connectivity index (χ2v) is 7.03. The minimum Gasteiger partial charge on any atom is -0.328 e. The predicted molar refractivity (Wildman–Crippen MR) is 101 cm³/mol. The van der Waals surface area contributed by atoms with Gasteiger partial charge in [-0.2, -0.15) is 5.10 Å². The minimum atomic E-state index is 0. The zero-order valence-electron chi connectivity index (χ0n) is 13.3. The molecule has 5 nitrogen and oxygen atoms in total. The fraction of sp³-hybridized carbons (Fsp3) is 0.412. The Morgan fingerprint density at radius 3 is 2.75 bits per heavy atom. The molecule has 1 aromatic carbocycles. The Balaban J connectivity index is 0.00000208. The summed E-state index contributed by atoms with van der Waals surface area (Å²) in [7, 11) is 0. The number of hydrogen-bond acceptors (Lipinski definition) is 3. The molecule has 0 spiro atoms. The quantitative estimate of drug-likeness (QED) is 0.805. The first kappa shape index (κ1) is 19.0. The van der Waals surface area contributed by atoms with E-state index in [1.54, 1.807) is 6.20 Å². The van der Waals surface area contributed by atoms with Gasteiger partial charge in [0.1, 0.15) is 5.82 Å². The molecule has 1 aliphatic carbocycles. The molecule has 1 heterocycles. The van der Waals surface area contributed by atoms with Crippen LogP contribution >= 0.6 is 28.3 Å². The van der Waals surface area contributed by atoms with Crippen molar-refractivity contribution in [1.82, 2.24) is 9.78 Å². The average Bonchev–Trinajstić information content (AvgIpc) is 2.96. The molecular formula is C17H22BrClN4O. The number of anilines is 1. The number of aromatic nitrogens is 2. The van der Waals surface area contributed by atoms with E-state index < -0.39 is 0 Å². The van der Waals surface area contributed by atoms with E-state index in [2.05, 4.69) is 26.3 Å². The molecular weight excluding hydrogens is 392 g/mol. The van der Waals surface area contributed by atoms with Gasteiger partial charge in [0.25, 0.3) is 0 Å². The Bertz CT molecular complexity index is 673. The number of hydrogen-bond donors (Lipinski definition) is 2. The maximum atomic E-state index is 12.4. The predicted octanol–water partition coefficient (Wildman–Crippen LogP) is 3.57. The van der Waals surface area contributed by atoms with Crippen molar-refractivity contribution in [3.63, 3.8) is 0 Å². The Hall–Kier alpha value is -1.37. The summed E-state index contributed by atoms with van der Waals surface area (Å²) < 4.78 is 2.85. The minimum absolute atomic E-state index is 0. The Labute approximate surface area is 156 Å². The lowest BCUT2D eigenvalue weighted by Gasteiger charge is -2.25. The van der Waals surface area contributed by atoms with E-state index in [4.69, 9.17) is 5.73 Å². The molecule has 0 bridgehead atoms. The third-order valence-corrected chi connectivity index (χ3v) is 4.83. The van der Waals surface area contributed by atoms with Gasteiger partial charge in [-0.15, -0.1) is 12.4 Å². The van der Waals surface area contributed by atoms with Gasteiger partial charge in [0.2, 0.25) is 5.91 Å². The van der Waals surface area contributed by atoms with Crippen LogP contribution in [0.4, 0.5) is 5.82 Å². The molecule has 1 fully saturated rings. The maximum absolute atomic E-state index is 12.4.